The molecule has 0 spiro atoms. The Hall–Kier alpha value is -1.03. The van der Waals surface area contributed by atoms with Gasteiger partial charge >= 0.3 is 0 Å². The van der Waals surface area contributed by atoms with Crippen molar-refractivity contribution in [3.05, 3.63) is 34.1 Å². The summed E-state index contributed by atoms with van der Waals surface area (Å²) < 4.78 is 42.4. The van der Waals surface area contributed by atoms with Crippen LogP contribution in [0.25, 0.3) is 0 Å². The van der Waals surface area contributed by atoms with Crippen LogP contribution >= 0.6 is 15.9 Å². The summed E-state index contributed by atoms with van der Waals surface area (Å²) in [5.41, 5.74) is 0.000208. The molecule has 1 aromatic rings. The van der Waals surface area contributed by atoms with Crippen LogP contribution in [0.2, 0.25) is 0 Å². The van der Waals surface area contributed by atoms with Crippen LogP contribution in [0, 0.1) is 5.82 Å². The Labute approximate surface area is 149 Å². The molecule has 0 radical (unpaired) electrons. The van der Waals surface area contributed by atoms with E-state index in [0.717, 1.165) is 12.8 Å². The summed E-state index contributed by atoms with van der Waals surface area (Å²) in [6.07, 6.45) is 1.78. The lowest BCUT2D eigenvalue weighted by molar-refractivity contribution is 0.0689. The lowest BCUT2D eigenvalue weighted by Crippen LogP contribution is -2.53. The number of rotatable bonds is 3. The Kier molecular flexibility index (Phi) is 5.24. The van der Waals surface area contributed by atoms with E-state index in [1.165, 1.54) is 31.7 Å². The number of hydrogen-bond donors (Lipinski definition) is 0. The fraction of sp³-hybridized carbons (Fsp3) is 0.533. The molecule has 132 valence electrons. The molecule has 2 saturated heterocycles. The van der Waals surface area contributed by atoms with E-state index < -0.39 is 21.9 Å². The first kappa shape index (κ1) is 17.8. The fourth-order valence-corrected chi connectivity index (χ4v) is 5.07. The first-order valence-corrected chi connectivity index (χ1v) is 10.1. The molecular weight excluding hydrogens is 401 g/mol. The van der Waals surface area contributed by atoms with Crippen molar-refractivity contribution < 1.29 is 17.6 Å². The maximum Gasteiger partial charge on any atom is 0.282 e. The van der Waals surface area contributed by atoms with Gasteiger partial charge in [-0.2, -0.15) is 17.0 Å². The Morgan fingerprint density at radius 2 is 1.58 bits per heavy atom. The van der Waals surface area contributed by atoms with Crippen LogP contribution in [0.3, 0.4) is 0 Å². The minimum Gasteiger partial charge on any atom is -0.336 e. The summed E-state index contributed by atoms with van der Waals surface area (Å²) in [4.78, 5) is 14.0. The number of carbonyl (C=O) groups excluding carboxylic acids is 1. The molecule has 2 aliphatic heterocycles. The average Bonchev–Trinajstić information content (AvgIpc) is 3.12. The van der Waals surface area contributed by atoms with Crippen molar-refractivity contribution in [3.8, 4) is 0 Å². The molecule has 3 rings (SSSR count). The van der Waals surface area contributed by atoms with E-state index in [0.29, 0.717) is 17.6 Å². The van der Waals surface area contributed by atoms with Crippen molar-refractivity contribution in [1.82, 2.24) is 13.5 Å². The summed E-state index contributed by atoms with van der Waals surface area (Å²) >= 11 is 3.23. The van der Waals surface area contributed by atoms with Gasteiger partial charge in [-0.05, 0) is 31.0 Å². The SMILES string of the molecule is O=C(c1cc(Br)ccc1F)N1CCN(S(=O)(=O)N2CCCC2)CC1. The molecule has 0 aliphatic carbocycles. The highest BCUT2D eigenvalue weighted by atomic mass is 79.9. The van der Waals surface area contributed by atoms with Gasteiger partial charge in [0.15, 0.2) is 0 Å². The second-order valence-corrected chi connectivity index (χ2v) is 8.77. The van der Waals surface area contributed by atoms with Crippen molar-refractivity contribution in [2.45, 2.75) is 12.8 Å². The van der Waals surface area contributed by atoms with Crippen molar-refractivity contribution in [2.75, 3.05) is 39.3 Å². The Balaban J connectivity index is 1.66. The third kappa shape index (κ3) is 3.49. The van der Waals surface area contributed by atoms with E-state index in [4.69, 9.17) is 0 Å². The summed E-state index contributed by atoms with van der Waals surface area (Å²) in [6, 6.07) is 4.23. The van der Waals surface area contributed by atoms with Gasteiger partial charge in [0.1, 0.15) is 5.82 Å². The molecule has 2 heterocycles. The van der Waals surface area contributed by atoms with Gasteiger partial charge in [-0.3, -0.25) is 4.79 Å². The van der Waals surface area contributed by atoms with Crippen LogP contribution in [-0.4, -0.2) is 67.1 Å². The van der Waals surface area contributed by atoms with Crippen molar-refractivity contribution in [2.24, 2.45) is 0 Å². The van der Waals surface area contributed by atoms with Crippen LogP contribution in [-0.2, 0) is 10.2 Å². The Morgan fingerprint density at radius 1 is 1.00 bits per heavy atom. The zero-order valence-electron chi connectivity index (χ0n) is 13.1. The number of carbonyl (C=O) groups is 1. The topological polar surface area (TPSA) is 60.9 Å². The molecule has 2 aliphatic rings. The van der Waals surface area contributed by atoms with Crippen LogP contribution in [0.5, 0.6) is 0 Å². The highest BCUT2D eigenvalue weighted by molar-refractivity contribution is 9.10. The van der Waals surface area contributed by atoms with Gasteiger partial charge in [0.05, 0.1) is 5.56 Å². The largest absolute Gasteiger partial charge is 0.336 e. The molecule has 2 fully saturated rings. The maximum absolute atomic E-state index is 13.9. The molecule has 1 aromatic carbocycles. The second-order valence-electron chi connectivity index (χ2n) is 5.93. The number of amides is 1. The van der Waals surface area contributed by atoms with E-state index in [1.54, 1.807) is 0 Å². The molecule has 0 aromatic heterocycles. The molecule has 0 atom stereocenters. The first-order chi connectivity index (χ1) is 11.4. The van der Waals surface area contributed by atoms with Gasteiger partial charge in [0.2, 0.25) is 0 Å². The van der Waals surface area contributed by atoms with Crippen molar-refractivity contribution in [3.63, 3.8) is 0 Å². The Morgan fingerprint density at radius 3 is 2.21 bits per heavy atom. The lowest BCUT2D eigenvalue weighted by atomic mass is 10.1. The molecule has 24 heavy (non-hydrogen) atoms. The summed E-state index contributed by atoms with van der Waals surface area (Å²) in [5, 5.41) is 0. The van der Waals surface area contributed by atoms with E-state index in [1.807, 2.05) is 0 Å². The van der Waals surface area contributed by atoms with Crippen LogP contribution in [0.15, 0.2) is 22.7 Å². The molecule has 6 nitrogen and oxygen atoms in total. The van der Waals surface area contributed by atoms with Crippen LogP contribution in [0.1, 0.15) is 23.2 Å². The molecule has 9 heteroatoms. The minimum atomic E-state index is -3.44. The highest BCUT2D eigenvalue weighted by Gasteiger charge is 2.35. The molecule has 0 N–H and O–H groups in total. The monoisotopic (exact) mass is 419 g/mol. The maximum atomic E-state index is 13.9. The standard InChI is InChI=1S/C15H19BrFN3O3S/c16-12-3-4-14(17)13(11-12)15(21)18-7-9-20(10-8-18)24(22,23)19-5-1-2-6-19/h3-4,11H,1-2,5-10H2. The van der Waals surface area contributed by atoms with E-state index in [-0.39, 0.29) is 31.7 Å². The zero-order valence-corrected chi connectivity index (χ0v) is 15.5. The molecular formula is C15H19BrFN3O3S. The number of halogens is 2. The summed E-state index contributed by atoms with van der Waals surface area (Å²) in [6.45, 7) is 2.12. The third-order valence-corrected chi connectivity index (χ3v) is 6.93. The lowest BCUT2D eigenvalue weighted by Gasteiger charge is -2.35. The van der Waals surface area contributed by atoms with Gasteiger partial charge in [-0.25, -0.2) is 4.39 Å². The highest BCUT2D eigenvalue weighted by Crippen LogP contribution is 2.21. The summed E-state index contributed by atoms with van der Waals surface area (Å²) in [5.74, 6) is -0.984. The number of nitrogens with zero attached hydrogens (tertiary/aromatic N) is 3. The van der Waals surface area contributed by atoms with Gasteiger partial charge in [-0.15, -0.1) is 0 Å². The Bertz CT molecular complexity index is 729. The molecule has 0 unspecified atom stereocenters. The molecule has 0 bridgehead atoms. The normalized spacial score (nSPS) is 20.5. The number of hydrogen-bond acceptors (Lipinski definition) is 3. The van der Waals surface area contributed by atoms with Gasteiger partial charge in [0, 0.05) is 43.7 Å². The molecule has 1 amide bonds. The van der Waals surface area contributed by atoms with E-state index in [9.17, 15) is 17.6 Å². The first-order valence-electron chi connectivity index (χ1n) is 7.89. The zero-order chi connectivity index (χ0) is 17.3. The number of piperazine rings is 1. The van der Waals surface area contributed by atoms with Crippen molar-refractivity contribution >= 4 is 32.0 Å². The second kappa shape index (κ2) is 7.07. The van der Waals surface area contributed by atoms with Crippen molar-refractivity contribution in [1.29, 1.82) is 0 Å². The van der Waals surface area contributed by atoms with Gasteiger partial charge < -0.3 is 4.90 Å². The predicted octanol–water partition coefficient (Wildman–Crippen LogP) is 1.69. The van der Waals surface area contributed by atoms with Gasteiger partial charge in [-0.1, -0.05) is 15.9 Å². The predicted molar refractivity (Wildman–Crippen MR) is 91.3 cm³/mol. The number of benzene rings is 1. The van der Waals surface area contributed by atoms with Crippen LogP contribution in [0.4, 0.5) is 4.39 Å². The average molecular weight is 420 g/mol. The fourth-order valence-electron chi connectivity index (χ4n) is 3.04. The van der Waals surface area contributed by atoms with Crippen LogP contribution < -0.4 is 0 Å². The van der Waals surface area contributed by atoms with Gasteiger partial charge in [0.25, 0.3) is 16.1 Å². The molecule has 0 saturated carbocycles. The third-order valence-electron chi connectivity index (χ3n) is 4.40. The quantitative estimate of drug-likeness (QED) is 0.748. The summed E-state index contributed by atoms with van der Waals surface area (Å²) in [7, 11) is -3.44. The van der Waals surface area contributed by atoms with E-state index >= 15 is 0 Å². The minimum absolute atomic E-state index is 0.000208. The smallest absolute Gasteiger partial charge is 0.282 e. The van der Waals surface area contributed by atoms with E-state index in [2.05, 4.69) is 15.9 Å².